The lowest BCUT2D eigenvalue weighted by Gasteiger charge is -2.09. The summed E-state index contributed by atoms with van der Waals surface area (Å²) in [6, 6.07) is 8.90. The molecule has 0 bridgehead atoms. The lowest BCUT2D eigenvalue weighted by atomic mass is 10.3. The number of nitrogens with zero attached hydrogens (tertiary/aromatic N) is 2. The van der Waals surface area contributed by atoms with Crippen molar-refractivity contribution in [1.29, 1.82) is 0 Å². The molecule has 0 amide bonds. The minimum absolute atomic E-state index is 0.238. The van der Waals surface area contributed by atoms with Gasteiger partial charge in [-0.3, -0.25) is 0 Å². The molecule has 0 aliphatic rings. The highest BCUT2D eigenvalue weighted by Gasteiger charge is 2.20. The molecule has 0 fully saturated rings. The van der Waals surface area contributed by atoms with E-state index in [4.69, 9.17) is 20.8 Å². The van der Waals surface area contributed by atoms with Gasteiger partial charge in [-0.25, -0.2) is 14.8 Å². The highest BCUT2D eigenvalue weighted by Crippen LogP contribution is 2.26. The van der Waals surface area contributed by atoms with Gasteiger partial charge in [-0.05, 0) is 37.3 Å². The van der Waals surface area contributed by atoms with Gasteiger partial charge in [0.25, 0.3) is 0 Å². The zero-order valence-corrected chi connectivity index (χ0v) is 14.6. The van der Waals surface area contributed by atoms with Gasteiger partial charge in [0.1, 0.15) is 5.82 Å². The van der Waals surface area contributed by atoms with E-state index < -0.39 is 12.1 Å². The molecule has 126 valence electrons. The predicted molar refractivity (Wildman–Crippen MR) is 94.8 cm³/mol. The Balaban J connectivity index is 1.51. The topological polar surface area (TPSA) is 81.0 Å². The highest BCUT2D eigenvalue weighted by atomic mass is 35.5. The van der Waals surface area contributed by atoms with Gasteiger partial charge in [0.05, 0.1) is 17.3 Å². The van der Waals surface area contributed by atoms with Crippen LogP contribution in [0.3, 0.4) is 0 Å². The SMILES string of the molecule is CC(OC(=O)c1csc(-c2ccco2)n1)c1nc2ccc(Cl)cc2[nH]1. The van der Waals surface area contributed by atoms with Crippen LogP contribution in [0, 0.1) is 0 Å². The molecule has 8 heteroatoms. The largest absolute Gasteiger partial charge is 0.462 e. The predicted octanol–water partition coefficient (Wildman–Crippen LogP) is 4.85. The molecule has 4 rings (SSSR count). The van der Waals surface area contributed by atoms with Crippen molar-refractivity contribution < 1.29 is 13.9 Å². The number of furan rings is 1. The summed E-state index contributed by atoms with van der Waals surface area (Å²) in [5, 5.41) is 2.88. The number of rotatable bonds is 4. The summed E-state index contributed by atoms with van der Waals surface area (Å²) < 4.78 is 10.7. The van der Waals surface area contributed by atoms with Crippen molar-refractivity contribution in [3.8, 4) is 10.8 Å². The third-order valence-electron chi connectivity index (χ3n) is 3.58. The van der Waals surface area contributed by atoms with E-state index in [9.17, 15) is 4.79 Å². The van der Waals surface area contributed by atoms with Gasteiger partial charge in [-0.15, -0.1) is 11.3 Å². The van der Waals surface area contributed by atoms with Crippen LogP contribution in [0.15, 0.2) is 46.4 Å². The maximum Gasteiger partial charge on any atom is 0.358 e. The lowest BCUT2D eigenvalue weighted by Crippen LogP contribution is -2.10. The van der Waals surface area contributed by atoms with Crippen LogP contribution in [0.25, 0.3) is 21.8 Å². The standard InChI is InChI=1S/C17H12ClN3O3S/c1-9(15-19-11-5-4-10(18)7-12(11)20-15)24-17(22)13-8-25-16(21-13)14-3-2-6-23-14/h2-9H,1H3,(H,19,20). The Morgan fingerprint density at radius 2 is 2.24 bits per heavy atom. The minimum atomic E-state index is -0.549. The number of nitrogens with one attached hydrogen (secondary N) is 1. The number of benzene rings is 1. The number of thiazole rings is 1. The number of carbonyl (C=O) groups is 1. The Hall–Kier alpha value is -2.64. The summed E-state index contributed by atoms with van der Waals surface area (Å²) in [5.41, 5.74) is 1.79. The van der Waals surface area contributed by atoms with Crippen molar-refractivity contribution in [3.63, 3.8) is 0 Å². The number of hydrogen-bond acceptors (Lipinski definition) is 6. The van der Waals surface area contributed by atoms with Gasteiger partial charge in [-0.2, -0.15) is 0 Å². The van der Waals surface area contributed by atoms with Gasteiger partial charge >= 0.3 is 5.97 Å². The zero-order chi connectivity index (χ0) is 17.4. The number of halogens is 1. The van der Waals surface area contributed by atoms with E-state index in [0.29, 0.717) is 21.6 Å². The molecule has 0 aliphatic heterocycles. The van der Waals surface area contributed by atoms with Gasteiger partial charge < -0.3 is 14.1 Å². The van der Waals surface area contributed by atoms with Crippen LogP contribution in [0.4, 0.5) is 0 Å². The summed E-state index contributed by atoms with van der Waals surface area (Å²) in [5.74, 6) is 0.651. The molecule has 1 aromatic carbocycles. The van der Waals surface area contributed by atoms with Crippen LogP contribution < -0.4 is 0 Å². The van der Waals surface area contributed by atoms with Gasteiger partial charge in [0.15, 0.2) is 22.6 Å². The highest BCUT2D eigenvalue weighted by molar-refractivity contribution is 7.13. The maximum atomic E-state index is 12.3. The number of ether oxygens (including phenoxy) is 1. The summed E-state index contributed by atoms with van der Waals surface area (Å²) in [6.07, 6.45) is 1.01. The van der Waals surface area contributed by atoms with Crippen LogP contribution in [-0.2, 0) is 4.74 Å². The van der Waals surface area contributed by atoms with Crippen LogP contribution in [0.2, 0.25) is 5.02 Å². The number of hydrogen-bond donors (Lipinski definition) is 1. The lowest BCUT2D eigenvalue weighted by molar-refractivity contribution is 0.0316. The van der Waals surface area contributed by atoms with Gasteiger partial charge in [0, 0.05) is 10.4 Å². The number of fused-ring (bicyclic) bond motifs is 1. The van der Waals surface area contributed by atoms with Crippen molar-refractivity contribution in [2.45, 2.75) is 13.0 Å². The molecule has 0 saturated heterocycles. The van der Waals surface area contributed by atoms with Gasteiger partial charge in [0.2, 0.25) is 0 Å². The van der Waals surface area contributed by atoms with Crippen LogP contribution >= 0.6 is 22.9 Å². The summed E-state index contributed by atoms with van der Waals surface area (Å²) in [7, 11) is 0. The molecule has 1 atom stereocenters. The quantitative estimate of drug-likeness (QED) is 0.517. The number of aromatic amines is 1. The first kappa shape index (κ1) is 15.9. The second-order valence-corrected chi connectivity index (χ2v) is 6.64. The minimum Gasteiger partial charge on any atom is -0.462 e. The smallest absolute Gasteiger partial charge is 0.358 e. The van der Waals surface area contributed by atoms with Crippen LogP contribution in [0.1, 0.15) is 29.3 Å². The Kier molecular flexibility index (Phi) is 4.03. The Bertz CT molecular complexity index is 1040. The van der Waals surface area contributed by atoms with E-state index in [2.05, 4.69) is 15.0 Å². The molecule has 1 unspecified atom stereocenters. The zero-order valence-electron chi connectivity index (χ0n) is 13.0. The molecule has 0 spiro atoms. The average molecular weight is 374 g/mol. The monoisotopic (exact) mass is 373 g/mol. The van der Waals surface area contributed by atoms with Crippen molar-refractivity contribution >= 4 is 39.9 Å². The fraction of sp³-hybridized carbons (Fsp3) is 0.118. The second-order valence-electron chi connectivity index (χ2n) is 5.35. The molecular weight excluding hydrogens is 362 g/mol. The molecule has 3 heterocycles. The van der Waals surface area contributed by atoms with E-state index >= 15 is 0 Å². The maximum absolute atomic E-state index is 12.3. The molecule has 0 aliphatic carbocycles. The third kappa shape index (κ3) is 3.16. The van der Waals surface area contributed by atoms with E-state index in [1.165, 1.54) is 11.3 Å². The molecule has 25 heavy (non-hydrogen) atoms. The molecule has 0 saturated carbocycles. The molecule has 1 N–H and O–H groups in total. The second kappa shape index (κ2) is 6.34. The molecule has 3 aromatic heterocycles. The number of H-pyrrole nitrogens is 1. The van der Waals surface area contributed by atoms with Crippen molar-refractivity contribution in [3.05, 3.63) is 58.5 Å². The van der Waals surface area contributed by atoms with E-state index in [-0.39, 0.29) is 5.69 Å². The molecule has 0 radical (unpaired) electrons. The first-order chi connectivity index (χ1) is 12.1. The van der Waals surface area contributed by atoms with E-state index in [1.54, 1.807) is 42.8 Å². The average Bonchev–Trinajstić information content (AvgIpc) is 3.33. The fourth-order valence-electron chi connectivity index (χ4n) is 2.35. The summed E-state index contributed by atoms with van der Waals surface area (Å²) in [6.45, 7) is 1.75. The molecule has 4 aromatic rings. The van der Waals surface area contributed by atoms with E-state index in [0.717, 1.165) is 11.0 Å². The first-order valence-electron chi connectivity index (χ1n) is 7.46. The molecule has 6 nitrogen and oxygen atoms in total. The van der Waals surface area contributed by atoms with Crippen molar-refractivity contribution in [2.75, 3.05) is 0 Å². The van der Waals surface area contributed by atoms with Crippen LogP contribution in [-0.4, -0.2) is 20.9 Å². The number of aromatic nitrogens is 3. The Morgan fingerprint density at radius 3 is 3.04 bits per heavy atom. The normalized spacial score (nSPS) is 12.4. The Morgan fingerprint density at radius 1 is 1.36 bits per heavy atom. The van der Waals surface area contributed by atoms with E-state index in [1.807, 2.05) is 6.07 Å². The Labute approximate surface area is 151 Å². The first-order valence-corrected chi connectivity index (χ1v) is 8.71. The van der Waals surface area contributed by atoms with Crippen molar-refractivity contribution in [1.82, 2.24) is 15.0 Å². The number of imidazole rings is 1. The third-order valence-corrected chi connectivity index (χ3v) is 4.67. The summed E-state index contributed by atoms with van der Waals surface area (Å²) in [4.78, 5) is 24.1. The fourth-order valence-corrected chi connectivity index (χ4v) is 3.28. The van der Waals surface area contributed by atoms with Crippen molar-refractivity contribution in [2.24, 2.45) is 0 Å². The number of carbonyl (C=O) groups excluding carboxylic acids is 1. The van der Waals surface area contributed by atoms with Crippen LogP contribution in [0.5, 0.6) is 0 Å². The number of esters is 1. The summed E-state index contributed by atoms with van der Waals surface area (Å²) >= 11 is 7.29. The van der Waals surface area contributed by atoms with Gasteiger partial charge in [-0.1, -0.05) is 11.6 Å². The molecular formula is C17H12ClN3O3S.